The number of hydrogen-bond acceptors (Lipinski definition) is 4. The van der Waals surface area contributed by atoms with E-state index in [1.54, 1.807) is 48.5 Å². The first-order valence-electron chi connectivity index (χ1n) is 9.87. The van der Waals surface area contributed by atoms with Crippen molar-refractivity contribution in [2.75, 3.05) is 29.1 Å². The van der Waals surface area contributed by atoms with E-state index < -0.39 is 0 Å². The zero-order valence-electron chi connectivity index (χ0n) is 17.4. The zero-order valence-corrected chi connectivity index (χ0v) is 17.4. The number of ether oxygens (including phenoxy) is 1. The monoisotopic (exact) mass is 415 g/mol. The molecule has 0 spiro atoms. The summed E-state index contributed by atoms with van der Waals surface area (Å²) in [4.78, 5) is 24.7. The van der Waals surface area contributed by atoms with Gasteiger partial charge < -0.3 is 20.7 Å². The van der Waals surface area contributed by atoms with Crippen LogP contribution < -0.4 is 20.7 Å². The van der Waals surface area contributed by atoms with Gasteiger partial charge in [-0.2, -0.15) is 0 Å². The topological polar surface area (TPSA) is 79.5 Å². The number of amides is 2. The summed E-state index contributed by atoms with van der Waals surface area (Å²) in [6.07, 6.45) is 0. The molecule has 0 heterocycles. The number of carbonyl (C=O) groups excluding carboxylic acids is 2. The average Bonchev–Trinajstić information content (AvgIpc) is 2.77. The maximum Gasteiger partial charge on any atom is 0.255 e. The summed E-state index contributed by atoms with van der Waals surface area (Å²) in [5, 5.41) is 8.75. The quantitative estimate of drug-likeness (QED) is 0.432. The predicted molar refractivity (Wildman–Crippen MR) is 125 cm³/mol. The lowest BCUT2D eigenvalue weighted by atomic mass is 10.2. The highest BCUT2D eigenvalue weighted by Crippen LogP contribution is 2.24. The third-order valence-corrected chi connectivity index (χ3v) is 4.24. The van der Waals surface area contributed by atoms with Gasteiger partial charge in [-0.05, 0) is 55.0 Å². The molecule has 0 unspecified atom stereocenters. The zero-order chi connectivity index (χ0) is 22.1. The van der Waals surface area contributed by atoms with Crippen LogP contribution in [0.25, 0.3) is 0 Å². The van der Waals surface area contributed by atoms with Crippen molar-refractivity contribution in [2.24, 2.45) is 0 Å². The van der Waals surface area contributed by atoms with Gasteiger partial charge in [-0.15, -0.1) is 0 Å². The maximum absolute atomic E-state index is 12.4. The van der Waals surface area contributed by atoms with Crippen molar-refractivity contribution in [3.05, 3.63) is 96.6 Å². The summed E-state index contributed by atoms with van der Waals surface area (Å²) in [6.45, 7) is 6.19. The highest BCUT2D eigenvalue weighted by molar-refractivity contribution is 6.04. The van der Waals surface area contributed by atoms with Crippen molar-refractivity contribution in [1.29, 1.82) is 0 Å². The van der Waals surface area contributed by atoms with Gasteiger partial charge in [0.25, 0.3) is 5.91 Å². The van der Waals surface area contributed by atoms with Crippen LogP contribution in [0.1, 0.15) is 17.3 Å². The van der Waals surface area contributed by atoms with Crippen molar-refractivity contribution in [3.63, 3.8) is 0 Å². The minimum atomic E-state index is -0.221. The van der Waals surface area contributed by atoms with E-state index in [0.29, 0.717) is 29.3 Å². The minimum absolute atomic E-state index is 0.0635. The van der Waals surface area contributed by atoms with Gasteiger partial charge in [0.05, 0.1) is 12.2 Å². The number of nitrogens with one attached hydrogen (secondary N) is 3. The van der Waals surface area contributed by atoms with Gasteiger partial charge in [-0.1, -0.05) is 43.0 Å². The highest BCUT2D eigenvalue weighted by atomic mass is 16.5. The fourth-order valence-corrected chi connectivity index (χ4v) is 2.79. The molecule has 0 atom stereocenters. The molecular formula is C25H25N3O3. The van der Waals surface area contributed by atoms with Crippen molar-refractivity contribution in [2.45, 2.75) is 6.92 Å². The molecule has 158 valence electrons. The first-order valence-corrected chi connectivity index (χ1v) is 9.87. The molecule has 6 heteroatoms. The second-order valence-corrected chi connectivity index (χ2v) is 7.04. The molecule has 0 saturated heterocycles. The largest absolute Gasteiger partial charge is 0.487 e. The van der Waals surface area contributed by atoms with Crippen LogP contribution in [-0.4, -0.2) is 25.0 Å². The fourth-order valence-electron chi connectivity index (χ4n) is 2.79. The summed E-state index contributed by atoms with van der Waals surface area (Å²) >= 11 is 0. The van der Waals surface area contributed by atoms with E-state index in [0.717, 1.165) is 11.3 Å². The first kappa shape index (κ1) is 21.6. The Morgan fingerprint density at radius 2 is 1.55 bits per heavy atom. The molecule has 0 radical (unpaired) electrons. The van der Waals surface area contributed by atoms with Gasteiger partial charge in [0.2, 0.25) is 5.91 Å². The summed E-state index contributed by atoms with van der Waals surface area (Å²) in [5.74, 6) is 0.224. The molecule has 31 heavy (non-hydrogen) atoms. The molecule has 0 aromatic heterocycles. The number of hydrogen-bond donors (Lipinski definition) is 3. The van der Waals surface area contributed by atoms with Crippen molar-refractivity contribution >= 4 is 28.9 Å². The Morgan fingerprint density at radius 1 is 0.871 bits per heavy atom. The minimum Gasteiger partial charge on any atom is -0.487 e. The molecular weight excluding hydrogens is 390 g/mol. The smallest absolute Gasteiger partial charge is 0.255 e. The van der Waals surface area contributed by atoms with Gasteiger partial charge in [-0.25, -0.2) is 0 Å². The number of anilines is 3. The Bertz CT molecular complexity index is 1060. The van der Waals surface area contributed by atoms with Gasteiger partial charge in [0.1, 0.15) is 12.4 Å². The molecule has 0 fully saturated rings. The lowest BCUT2D eigenvalue weighted by Gasteiger charge is -2.13. The Hall–Kier alpha value is -4.06. The highest BCUT2D eigenvalue weighted by Gasteiger charge is 2.08. The van der Waals surface area contributed by atoms with Crippen LogP contribution in [0.2, 0.25) is 0 Å². The van der Waals surface area contributed by atoms with Crippen LogP contribution in [0.4, 0.5) is 17.1 Å². The van der Waals surface area contributed by atoms with Crippen LogP contribution in [0, 0.1) is 0 Å². The third kappa shape index (κ3) is 6.75. The van der Waals surface area contributed by atoms with Gasteiger partial charge >= 0.3 is 0 Å². The molecule has 2 amide bonds. The molecule has 3 N–H and O–H groups in total. The normalized spacial score (nSPS) is 10.1. The molecule has 0 aliphatic heterocycles. The summed E-state index contributed by atoms with van der Waals surface area (Å²) in [5.41, 5.74) is 3.38. The molecule has 3 aromatic carbocycles. The Labute approximate surface area is 181 Å². The Morgan fingerprint density at radius 3 is 2.29 bits per heavy atom. The number of carbonyl (C=O) groups is 2. The van der Waals surface area contributed by atoms with Crippen molar-refractivity contribution in [3.8, 4) is 5.75 Å². The third-order valence-electron chi connectivity index (χ3n) is 4.24. The Balaban J connectivity index is 1.56. The molecule has 0 aliphatic rings. The van der Waals surface area contributed by atoms with E-state index in [1.807, 2.05) is 37.3 Å². The standard InChI is InChI=1S/C25H25N3O3/c1-18(2)17-31-23-14-7-6-13-22(23)26-16-24(29)27-20-11-8-12-21(15-20)28-25(30)19-9-4-3-5-10-19/h3-15,26H,1,16-17H2,2H3,(H,27,29)(H,28,30). The van der Waals surface area contributed by atoms with Gasteiger partial charge in [0, 0.05) is 16.9 Å². The van der Waals surface area contributed by atoms with E-state index >= 15 is 0 Å². The van der Waals surface area contributed by atoms with E-state index in [9.17, 15) is 9.59 Å². The van der Waals surface area contributed by atoms with Gasteiger partial charge in [-0.3, -0.25) is 9.59 Å². The molecule has 3 aromatic rings. The number of para-hydroxylation sites is 2. The second kappa shape index (κ2) is 10.6. The molecule has 0 bridgehead atoms. The first-order chi connectivity index (χ1) is 15.0. The lowest BCUT2D eigenvalue weighted by molar-refractivity contribution is -0.114. The molecule has 0 aliphatic carbocycles. The summed E-state index contributed by atoms with van der Waals surface area (Å²) < 4.78 is 5.70. The van der Waals surface area contributed by atoms with Crippen LogP contribution in [-0.2, 0) is 4.79 Å². The van der Waals surface area contributed by atoms with E-state index in [4.69, 9.17) is 4.74 Å². The van der Waals surface area contributed by atoms with Crippen LogP contribution in [0.3, 0.4) is 0 Å². The van der Waals surface area contributed by atoms with Crippen LogP contribution in [0.15, 0.2) is 91.0 Å². The lowest BCUT2D eigenvalue weighted by Crippen LogP contribution is -2.22. The fraction of sp³-hybridized carbons (Fsp3) is 0.120. The molecule has 6 nitrogen and oxygen atoms in total. The molecule has 3 rings (SSSR count). The van der Waals surface area contributed by atoms with Crippen LogP contribution >= 0.6 is 0 Å². The van der Waals surface area contributed by atoms with Crippen LogP contribution in [0.5, 0.6) is 5.75 Å². The van der Waals surface area contributed by atoms with E-state index in [-0.39, 0.29) is 18.4 Å². The maximum atomic E-state index is 12.4. The van der Waals surface area contributed by atoms with E-state index in [2.05, 4.69) is 22.5 Å². The number of rotatable bonds is 9. The molecule has 0 saturated carbocycles. The summed E-state index contributed by atoms with van der Waals surface area (Å²) in [6, 6.07) is 23.4. The SMILES string of the molecule is C=C(C)COc1ccccc1NCC(=O)Nc1cccc(NC(=O)c2ccccc2)c1. The van der Waals surface area contributed by atoms with E-state index in [1.165, 1.54) is 0 Å². The predicted octanol–water partition coefficient (Wildman–Crippen LogP) is 4.94. The Kier molecular flexibility index (Phi) is 7.43. The summed E-state index contributed by atoms with van der Waals surface area (Å²) in [7, 11) is 0. The second-order valence-electron chi connectivity index (χ2n) is 7.04. The number of benzene rings is 3. The van der Waals surface area contributed by atoms with Gasteiger partial charge in [0.15, 0.2) is 0 Å². The average molecular weight is 415 g/mol. The van der Waals surface area contributed by atoms with Crippen molar-refractivity contribution < 1.29 is 14.3 Å². The van der Waals surface area contributed by atoms with Crippen molar-refractivity contribution in [1.82, 2.24) is 0 Å².